The molecule has 2 heterocycles. The highest BCUT2D eigenvalue weighted by atomic mass is 16.4. The van der Waals surface area contributed by atoms with E-state index in [1.807, 2.05) is 0 Å². The van der Waals surface area contributed by atoms with Gasteiger partial charge in [0.05, 0.1) is 31.1 Å². The number of hydrogen-bond donors (Lipinski definition) is 23. The molecule has 0 aliphatic carbocycles. The number of aliphatic hydroxyl groups is 2. The number of aliphatic hydroxyl groups excluding tert-OH is 2. The molecule has 0 radical (unpaired) electrons. The number of phenolic OH excluding ortho intramolecular Hbond substituents is 1. The number of nitrogens with one attached hydrogen (secondary N) is 12. The van der Waals surface area contributed by atoms with E-state index < -0.39 is 195 Å². The average molecular weight is 1370 g/mol. The van der Waals surface area contributed by atoms with E-state index in [2.05, 4.69) is 78.4 Å². The predicted molar refractivity (Wildman–Crippen MR) is 343 cm³/mol. The molecular formula is C58H92N20O19. The van der Waals surface area contributed by atoms with Gasteiger partial charge in [0.2, 0.25) is 59.1 Å². The topological polar surface area (TPSA) is 659 Å². The van der Waals surface area contributed by atoms with E-state index in [9.17, 15) is 93.0 Å². The third-order valence-corrected chi connectivity index (χ3v) is 14.8. The minimum absolute atomic E-state index is 0.00432. The number of guanidine groups is 2. The van der Waals surface area contributed by atoms with Crippen LogP contribution in [0, 0.1) is 0 Å². The summed E-state index contributed by atoms with van der Waals surface area (Å²) in [4.78, 5) is 190. The molecule has 97 heavy (non-hydrogen) atoms. The molecule has 39 heteroatoms. The van der Waals surface area contributed by atoms with Crippen molar-refractivity contribution in [1.82, 2.24) is 68.5 Å². The lowest BCUT2D eigenvalue weighted by molar-refractivity contribution is -0.143. The number of phenols is 1. The quantitative estimate of drug-likeness (QED) is 0.0166. The highest BCUT2D eigenvalue weighted by Gasteiger charge is 2.38. The van der Waals surface area contributed by atoms with Gasteiger partial charge in [0.1, 0.15) is 60.1 Å². The fourth-order valence-electron chi connectivity index (χ4n) is 9.64. The van der Waals surface area contributed by atoms with Crippen molar-refractivity contribution in [3.05, 3.63) is 48.0 Å². The highest BCUT2D eigenvalue weighted by Crippen LogP contribution is 2.15. The second-order valence-corrected chi connectivity index (χ2v) is 22.8. The van der Waals surface area contributed by atoms with Gasteiger partial charge in [-0.15, -0.1) is 0 Å². The summed E-state index contributed by atoms with van der Waals surface area (Å²) in [6.07, 6.45) is -3.27. The van der Waals surface area contributed by atoms with Crippen LogP contribution >= 0.6 is 0 Å². The molecule has 1 aliphatic rings. The maximum Gasteiger partial charge on any atom is 0.326 e. The van der Waals surface area contributed by atoms with Gasteiger partial charge in [0.15, 0.2) is 11.9 Å². The zero-order valence-corrected chi connectivity index (χ0v) is 53.8. The monoisotopic (exact) mass is 1370 g/mol. The largest absolute Gasteiger partial charge is 0.508 e. The molecule has 28 N–H and O–H groups in total. The van der Waals surface area contributed by atoms with Crippen molar-refractivity contribution in [2.24, 2.45) is 38.7 Å². The van der Waals surface area contributed by atoms with Gasteiger partial charge in [-0.1, -0.05) is 12.1 Å². The Kier molecular flexibility index (Phi) is 35.2. The zero-order valence-electron chi connectivity index (χ0n) is 53.8. The molecule has 39 nitrogen and oxygen atoms in total. The number of carboxylic acids is 3. The number of benzene rings is 1. The van der Waals surface area contributed by atoms with Crippen molar-refractivity contribution in [3.8, 4) is 5.75 Å². The summed E-state index contributed by atoms with van der Waals surface area (Å²) in [5.74, 6) is -15.7. The number of carboxylic acid groups (broad SMARTS) is 3. The minimum Gasteiger partial charge on any atom is -0.508 e. The second kappa shape index (κ2) is 42.2. The molecule has 1 aliphatic heterocycles. The number of carbonyl (C=O) groups excluding carboxylic acids is 10. The summed E-state index contributed by atoms with van der Waals surface area (Å²) in [5, 5.41) is 87.7. The number of unbranched alkanes of at least 4 members (excludes halogenated alkanes) is 1. The number of carbonyl (C=O) groups is 13. The Balaban J connectivity index is 2.02. The number of H-pyrrole nitrogens is 1. The van der Waals surface area contributed by atoms with Crippen LogP contribution in [0.15, 0.2) is 46.8 Å². The number of nitrogens with two attached hydrogens (primary N) is 5. The van der Waals surface area contributed by atoms with Crippen LogP contribution in [0.1, 0.15) is 109 Å². The van der Waals surface area contributed by atoms with E-state index in [4.69, 9.17) is 28.7 Å². The number of aromatic nitrogens is 2. The normalized spacial score (nSPS) is 15.9. The van der Waals surface area contributed by atoms with Crippen LogP contribution in [0.4, 0.5) is 0 Å². The lowest BCUT2D eigenvalue weighted by Crippen LogP contribution is -2.62. The number of hydrogen-bond acceptors (Lipinski definition) is 21. The van der Waals surface area contributed by atoms with Crippen LogP contribution < -0.4 is 87.2 Å². The van der Waals surface area contributed by atoms with Crippen LogP contribution in [0.3, 0.4) is 0 Å². The van der Waals surface area contributed by atoms with Crippen molar-refractivity contribution in [2.75, 3.05) is 32.7 Å². The molecule has 0 saturated carbocycles. The van der Waals surface area contributed by atoms with Gasteiger partial charge in [-0.2, -0.15) is 0 Å². The summed E-state index contributed by atoms with van der Waals surface area (Å²) in [7, 11) is 0. The smallest absolute Gasteiger partial charge is 0.326 e. The number of aromatic hydroxyl groups is 1. The molecule has 538 valence electrons. The highest BCUT2D eigenvalue weighted by molar-refractivity contribution is 5.99. The molecule has 1 fully saturated rings. The third kappa shape index (κ3) is 30.8. The van der Waals surface area contributed by atoms with Gasteiger partial charge in [0, 0.05) is 50.7 Å². The molecule has 3 rings (SSSR count). The Labute approximate surface area is 556 Å². The summed E-state index contributed by atoms with van der Waals surface area (Å²) in [6.45, 7) is 2.26. The first-order valence-electron chi connectivity index (χ1n) is 31.2. The number of amides is 10. The maximum atomic E-state index is 14.7. The summed E-state index contributed by atoms with van der Waals surface area (Å²) in [6, 6.07) is -10.8. The van der Waals surface area contributed by atoms with Crippen molar-refractivity contribution in [3.63, 3.8) is 0 Å². The third-order valence-electron chi connectivity index (χ3n) is 14.8. The van der Waals surface area contributed by atoms with Crippen LogP contribution in [0.25, 0.3) is 0 Å². The Morgan fingerprint density at radius 2 is 0.990 bits per heavy atom. The van der Waals surface area contributed by atoms with Crippen LogP contribution in [-0.4, -0.2) is 235 Å². The van der Waals surface area contributed by atoms with Gasteiger partial charge in [-0.25, -0.2) is 9.78 Å². The summed E-state index contributed by atoms with van der Waals surface area (Å²) in [5.41, 5.74) is 28.0. The van der Waals surface area contributed by atoms with Crippen LogP contribution in [0.5, 0.6) is 5.75 Å². The first-order chi connectivity index (χ1) is 45.9. The molecule has 1 saturated heterocycles. The van der Waals surface area contributed by atoms with Crippen LogP contribution in [-0.2, 0) is 75.2 Å². The number of nitrogens with zero attached hydrogens (tertiary/aromatic N) is 3. The van der Waals surface area contributed by atoms with E-state index >= 15 is 0 Å². The lowest BCUT2D eigenvalue weighted by Gasteiger charge is -2.29. The van der Waals surface area contributed by atoms with E-state index in [1.54, 1.807) is 0 Å². The van der Waals surface area contributed by atoms with E-state index in [0.29, 0.717) is 19.4 Å². The molecule has 2 aromatic rings. The Bertz CT molecular complexity index is 3030. The molecule has 10 amide bonds. The van der Waals surface area contributed by atoms with E-state index in [0.717, 1.165) is 13.3 Å². The Morgan fingerprint density at radius 3 is 1.42 bits per heavy atom. The van der Waals surface area contributed by atoms with Gasteiger partial charge >= 0.3 is 17.9 Å². The van der Waals surface area contributed by atoms with Crippen LogP contribution in [0.2, 0.25) is 0 Å². The zero-order chi connectivity index (χ0) is 72.3. The molecule has 0 spiro atoms. The summed E-state index contributed by atoms with van der Waals surface area (Å²) >= 11 is 0. The molecule has 0 bridgehead atoms. The first kappa shape index (κ1) is 81.0. The van der Waals surface area contributed by atoms with Crippen molar-refractivity contribution in [1.29, 1.82) is 0 Å². The maximum absolute atomic E-state index is 14.7. The number of rotatable bonds is 45. The number of aliphatic imine (C=N–C) groups is 2. The Morgan fingerprint density at radius 1 is 0.557 bits per heavy atom. The van der Waals surface area contributed by atoms with Crippen molar-refractivity contribution in [2.45, 2.75) is 183 Å². The average Bonchev–Trinajstić information content (AvgIpc) is 1.08. The molecule has 1 aromatic heterocycles. The van der Waals surface area contributed by atoms with E-state index in [1.165, 1.54) is 43.7 Å². The Hall–Kier alpha value is -10.3. The lowest BCUT2D eigenvalue weighted by atomic mass is 10.0. The van der Waals surface area contributed by atoms with Gasteiger partial charge in [0.25, 0.3) is 0 Å². The van der Waals surface area contributed by atoms with Crippen molar-refractivity contribution < 1.29 is 93.0 Å². The number of aliphatic carboxylic acids is 3. The molecule has 12 atom stereocenters. The second-order valence-electron chi connectivity index (χ2n) is 22.8. The van der Waals surface area contributed by atoms with Gasteiger partial charge < -0.3 is 123 Å². The predicted octanol–water partition coefficient (Wildman–Crippen LogP) is -8.06. The molecular weight excluding hydrogens is 1280 g/mol. The van der Waals surface area contributed by atoms with Crippen molar-refractivity contribution >= 4 is 88.9 Å². The van der Waals surface area contributed by atoms with Gasteiger partial charge in [-0.3, -0.25) is 67.5 Å². The number of aromatic amines is 1. The first-order valence-corrected chi connectivity index (χ1v) is 31.2. The van der Waals surface area contributed by atoms with Gasteiger partial charge in [-0.05, 0) is 115 Å². The SMILES string of the molecule is C[C@@H](O)[C@H](NC(=O)CNC(=O)[C@@H]1CCCN1)C(=O)N[C@@H](CCCN=C(N)N)C(=O)N[C@@H](CCCN=C(N)N)C(=O)N[C@@H](CCC(=O)O)C(=O)N[C@@H](Cc1ccc(O)cc1)C(=O)N[C@@H](Cc1cnc[nH]1)C(=O)N[C@H](C(=O)N[C@@H](CCC(=O)O)C(=O)N[C@@H](CCCCN)C(=O)O)[C@@H](C)O. The fourth-order valence-corrected chi connectivity index (χ4v) is 9.64. The fraction of sp³-hybridized carbons (Fsp3) is 0.586. The molecule has 1 aromatic carbocycles. The standard InChI is InChI=1S/C58H92N20O19/c1-29(79)45(77-42(82)27-68-47(87)34-9-5-21-65-34)54(94)72-36(11-7-23-67-58(62)63)49(89)70-35(10-6-22-66-57(60)61)48(88)71-37(16-18-43(83)84)51(91)75-40(24-31-12-14-33(81)15-13-31)52(92)76-41(25-32-26-64-28-69-32)53(93)78-46(30(2)80)55(95)73-38(17-19-44(85)86)50(90)74-39(56(96)97)8-3-4-20-59/h12-15,26,28-30,34-41,45-46,65,79-81H,3-11,16-25,27,59H2,1-2H3,(H,64,69)(H,68,87)(H,70,89)(H,71,88)(H,72,94)(H,73,95)(H,74,90)(H,75,91)(H,76,92)(H,77,82)(H,78,93)(H,83,84)(H,85,86)(H,96,97)(H4,60,61,66)(H4,62,63,67)/t29-,30-,34+,35+,36+,37+,38+,39+,40+,41+,45+,46+/m1/s1. The van der Waals surface area contributed by atoms with E-state index in [-0.39, 0.29) is 87.1 Å². The summed E-state index contributed by atoms with van der Waals surface area (Å²) < 4.78 is 0. The molecule has 0 unspecified atom stereocenters. The minimum atomic E-state index is -1.96. The number of imidazole rings is 1.